The fourth-order valence-corrected chi connectivity index (χ4v) is 2.51. The Hall–Kier alpha value is -3.39. The summed E-state index contributed by atoms with van der Waals surface area (Å²) in [6.45, 7) is 1.98. The molecule has 3 aromatic rings. The first kappa shape index (κ1) is 18.4. The Morgan fingerprint density at radius 2 is 2.07 bits per heavy atom. The standard InChI is InChI=1S/C18H15ClN4O4/c1-12-6-7-13(19)17(10-12)27-11-22-9-8-15(21-22)18(24)20-14-4-2-3-5-16(14)23(25)26/h2-10H,11H2,1H3,(H,20,24). The van der Waals surface area contributed by atoms with E-state index in [2.05, 4.69) is 10.4 Å². The second-order valence-corrected chi connectivity index (χ2v) is 6.08. The van der Waals surface area contributed by atoms with Crippen molar-refractivity contribution in [2.75, 3.05) is 5.32 Å². The SMILES string of the molecule is Cc1ccc(Cl)c(OCn2ccc(C(=O)Nc3ccccc3[N+](=O)[O-])n2)c1. The number of carbonyl (C=O) groups excluding carboxylic acids is 1. The van der Waals surface area contributed by atoms with E-state index < -0.39 is 10.8 Å². The van der Waals surface area contributed by atoms with Gasteiger partial charge in [0.15, 0.2) is 12.4 Å². The minimum Gasteiger partial charge on any atom is -0.470 e. The van der Waals surface area contributed by atoms with Gasteiger partial charge >= 0.3 is 0 Å². The minimum atomic E-state index is -0.562. The van der Waals surface area contributed by atoms with Crippen LogP contribution in [0.1, 0.15) is 16.1 Å². The van der Waals surface area contributed by atoms with Crippen molar-refractivity contribution in [2.45, 2.75) is 13.7 Å². The summed E-state index contributed by atoms with van der Waals surface area (Å²) in [4.78, 5) is 22.8. The number of amides is 1. The number of anilines is 1. The normalized spacial score (nSPS) is 10.4. The van der Waals surface area contributed by atoms with Gasteiger partial charge in [0.2, 0.25) is 0 Å². The predicted octanol–water partition coefficient (Wildman–Crippen LogP) is 4.04. The number of carbonyl (C=O) groups is 1. The lowest BCUT2D eigenvalue weighted by Crippen LogP contribution is -2.15. The first-order chi connectivity index (χ1) is 12.9. The monoisotopic (exact) mass is 386 g/mol. The van der Waals surface area contributed by atoms with Crippen molar-refractivity contribution < 1.29 is 14.5 Å². The maximum atomic E-state index is 12.3. The highest BCUT2D eigenvalue weighted by Crippen LogP contribution is 2.26. The second kappa shape index (κ2) is 7.88. The molecule has 0 radical (unpaired) electrons. The number of aromatic nitrogens is 2. The molecule has 1 heterocycles. The van der Waals surface area contributed by atoms with Gasteiger partial charge in [-0.2, -0.15) is 5.10 Å². The Morgan fingerprint density at radius 1 is 1.30 bits per heavy atom. The third kappa shape index (κ3) is 4.42. The molecule has 1 aromatic heterocycles. The summed E-state index contributed by atoms with van der Waals surface area (Å²) in [6, 6.07) is 12.8. The topological polar surface area (TPSA) is 99.3 Å². The van der Waals surface area contributed by atoms with Crippen LogP contribution in [0.3, 0.4) is 0 Å². The van der Waals surface area contributed by atoms with Gasteiger partial charge in [0.05, 0.1) is 9.95 Å². The molecule has 0 spiro atoms. The molecule has 0 saturated heterocycles. The lowest BCUT2D eigenvalue weighted by atomic mass is 10.2. The summed E-state index contributed by atoms with van der Waals surface area (Å²) >= 11 is 6.07. The second-order valence-electron chi connectivity index (χ2n) is 5.68. The highest BCUT2D eigenvalue weighted by molar-refractivity contribution is 6.32. The Labute approximate surface area is 159 Å². The number of nitrogens with one attached hydrogen (secondary N) is 1. The first-order valence-corrected chi connectivity index (χ1v) is 8.29. The number of hydrogen-bond acceptors (Lipinski definition) is 5. The van der Waals surface area contributed by atoms with Crippen LogP contribution in [0.15, 0.2) is 54.7 Å². The molecule has 0 aliphatic carbocycles. The van der Waals surface area contributed by atoms with Crippen LogP contribution in [0.5, 0.6) is 5.75 Å². The van der Waals surface area contributed by atoms with Gasteiger partial charge in [-0.1, -0.05) is 29.8 Å². The van der Waals surface area contributed by atoms with Crippen LogP contribution in [0.4, 0.5) is 11.4 Å². The average molecular weight is 387 g/mol. The van der Waals surface area contributed by atoms with Crippen LogP contribution in [0, 0.1) is 17.0 Å². The summed E-state index contributed by atoms with van der Waals surface area (Å²) < 4.78 is 7.04. The molecule has 2 aromatic carbocycles. The van der Waals surface area contributed by atoms with Crippen molar-refractivity contribution in [3.8, 4) is 5.75 Å². The van der Waals surface area contributed by atoms with E-state index in [-0.39, 0.29) is 23.8 Å². The molecule has 0 fully saturated rings. The van der Waals surface area contributed by atoms with Crippen molar-refractivity contribution in [1.82, 2.24) is 9.78 Å². The van der Waals surface area contributed by atoms with E-state index in [0.717, 1.165) is 5.56 Å². The van der Waals surface area contributed by atoms with Gasteiger partial charge in [0.1, 0.15) is 11.4 Å². The van der Waals surface area contributed by atoms with E-state index in [1.54, 1.807) is 24.4 Å². The zero-order chi connectivity index (χ0) is 19.4. The van der Waals surface area contributed by atoms with E-state index in [1.807, 2.05) is 13.0 Å². The van der Waals surface area contributed by atoms with Gasteiger partial charge in [-0.25, -0.2) is 4.68 Å². The molecule has 0 aliphatic heterocycles. The third-order valence-electron chi connectivity index (χ3n) is 3.66. The van der Waals surface area contributed by atoms with Crippen molar-refractivity contribution in [3.05, 3.63) is 81.1 Å². The fourth-order valence-electron chi connectivity index (χ4n) is 2.34. The Morgan fingerprint density at radius 3 is 2.85 bits per heavy atom. The lowest BCUT2D eigenvalue weighted by molar-refractivity contribution is -0.383. The van der Waals surface area contributed by atoms with Crippen LogP contribution < -0.4 is 10.1 Å². The number of nitro benzene ring substituents is 1. The van der Waals surface area contributed by atoms with Crippen LogP contribution in [-0.4, -0.2) is 20.6 Å². The zero-order valence-electron chi connectivity index (χ0n) is 14.3. The van der Waals surface area contributed by atoms with Crippen molar-refractivity contribution in [1.29, 1.82) is 0 Å². The van der Waals surface area contributed by atoms with Crippen LogP contribution >= 0.6 is 11.6 Å². The van der Waals surface area contributed by atoms with Gasteiger partial charge in [-0.15, -0.1) is 0 Å². The number of para-hydroxylation sites is 2. The lowest BCUT2D eigenvalue weighted by Gasteiger charge is -2.08. The molecule has 1 N–H and O–H groups in total. The van der Waals surface area contributed by atoms with Crippen LogP contribution in [0.25, 0.3) is 0 Å². The number of benzene rings is 2. The van der Waals surface area contributed by atoms with Gasteiger partial charge in [0.25, 0.3) is 11.6 Å². The molecular formula is C18H15ClN4O4. The molecule has 27 heavy (non-hydrogen) atoms. The summed E-state index contributed by atoms with van der Waals surface area (Å²) in [6.07, 6.45) is 1.57. The maximum Gasteiger partial charge on any atom is 0.292 e. The van der Waals surface area contributed by atoms with Crippen molar-refractivity contribution >= 4 is 28.9 Å². The molecule has 8 nitrogen and oxygen atoms in total. The Balaban J connectivity index is 1.68. The number of hydrogen-bond donors (Lipinski definition) is 1. The molecule has 0 atom stereocenters. The first-order valence-electron chi connectivity index (χ1n) is 7.91. The highest BCUT2D eigenvalue weighted by Gasteiger charge is 2.17. The van der Waals surface area contributed by atoms with E-state index in [4.69, 9.17) is 16.3 Å². The molecule has 3 rings (SSSR count). The molecule has 138 valence electrons. The number of aryl methyl sites for hydroxylation is 1. The van der Waals surface area contributed by atoms with E-state index in [9.17, 15) is 14.9 Å². The summed E-state index contributed by atoms with van der Waals surface area (Å²) in [7, 11) is 0. The number of rotatable bonds is 6. The quantitative estimate of drug-likeness (QED) is 0.509. The van der Waals surface area contributed by atoms with E-state index >= 15 is 0 Å². The smallest absolute Gasteiger partial charge is 0.292 e. The van der Waals surface area contributed by atoms with Crippen molar-refractivity contribution in [2.24, 2.45) is 0 Å². The van der Waals surface area contributed by atoms with Gasteiger partial charge in [0, 0.05) is 12.3 Å². The van der Waals surface area contributed by atoms with Crippen molar-refractivity contribution in [3.63, 3.8) is 0 Å². The molecule has 0 bridgehead atoms. The molecular weight excluding hydrogens is 372 g/mol. The molecule has 0 saturated carbocycles. The Bertz CT molecular complexity index is 1000. The van der Waals surface area contributed by atoms with E-state index in [0.29, 0.717) is 10.8 Å². The zero-order valence-corrected chi connectivity index (χ0v) is 15.0. The summed E-state index contributed by atoms with van der Waals surface area (Å²) in [5.74, 6) is -0.0466. The average Bonchev–Trinajstić information content (AvgIpc) is 3.12. The number of nitro groups is 1. The molecule has 9 heteroatoms. The number of halogens is 1. The van der Waals surface area contributed by atoms with Gasteiger partial charge < -0.3 is 10.1 Å². The Kier molecular flexibility index (Phi) is 5.37. The minimum absolute atomic E-state index is 0.0575. The highest BCUT2D eigenvalue weighted by atomic mass is 35.5. The third-order valence-corrected chi connectivity index (χ3v) is 3.97. The number of ether oxygens (including phenoxy) is 1. The van der Waals surface area contributed by atoms with Gasteiger partial charge in [-0.3, -0.25) is 14.9 Å². The molecule has 1 amide bonds. The van der Waals surface area contributed by atoms with Crippen LogP contribution in [-0.2, 0) is 6.73 Å². The number of nitrogens with zero attached hydrogens (tertiary/aromatic N) is 3. The summed E-state index contributed by atoms with van der Waals surface area (Å²) in [5, 5.41) is 18.1. The molecule has 0 unspecified atom stereocenters. The maximum absolute atomic E-state index is 12.3. The summed E-state index contributed by atoms with van der Waals surface area (Å²) in [5.41, 5.74) is 1.01. The van der Waals surface area contributed by atoms with E-state index in [1.165, 1.54) is 28.9 Å². The largest absolute Gasteiger partial charge is 0.470 e. The molecule has 0 aliphatic rings. The predicted molar refractivity (Wildman–Crippen MR) is 100 cm³/mol. The fraction of sp³-hybridized carbons (Fsp3) is 0.111. The van der Waals surface area contributed by atoms with Crippen LogP contribution in [0.2, 0.25) is 5.02 Å². The van der Waals surface area contributed by atoms with Gasteiger partial charge in [-0.05, 0) is 36.8 Å².